The minimum atomic E-state index is 0.378. The topological polar surface area (TPSA) is 38.0 Å². The van der Waals surface area contributed by atoms with Crippen LogP contribution in [-0.4, -0.2) is 14.7 Å². The Balaban J connectivity index is 1.79. The summed E-state index contributed by atoms with van der Waals surface area (Å²) in [5.41, 5.74) is 3.28. The molecule has 3 rings (SSSR count). The number of aryl methyl sites for hydroxylation is 3. The van der Waals surface area contributed by atoms with E-state index in [1.807, 2.05) is 24.3 Å². The monoisotopic (exact) mass is 322 g/mol. The molecule has 0 aliphatic heterocycles. The molecule has 3 heteroatoms. The van der Waals surface area contributed by atoms with Gasteiger partial charge in [0.2, 0.25) is 0 Å². The fourth-order valence-electron chi connectivity index (χ4n) is 3.23. The van der Waals surface area contributed by atoms with Crippen molar-refractivity contribution in [1.82, 2.24) is 9.55 Å². The van der Waals surface area contributed by atoms with Crippen molar-refractivity contribution in [1.29, 1.82) is 0 Å². The van der Waals surface area contributed by atoms with Gasteiger partial charge in [-0.3, -0.25) is 0 Å². The number of imidazole rings is 1. The molecule has 3 aromatic rings. The minimum Gasteiger partial charge on any atom is -0.508 e. The molecule has 3 nitrogen and oxygen atoms in total. The Labute approximate surface area is 144 Å². The van der Waals surface area contributed by atoms with E-state index in [2.05, 4.69) is 29.7 Å². The van der Waals surface area contributed by atoms with Gasteiger partial charge in [0.25, 0.3) is 0 Å². The standard InChI is InChI=1S/C21H26N2O/c1-2-3-4-9-16-23-19-12-7-6-11-18(19)22-21(23)15-14-17-10-5-8-13-20(17)24/h5-8,10-13,24H,2-4,9,14-16H2,1H3. The van der Waals surface area contributed by atoms with E-state index in [-0.39, 0.29) is 0 Å². The van der Waals surface area contributed by atoms with Crippen molar-refractivity contribution in [3.8, 4) is 5.75 Å². The highest BCUT2D eigenvalue weighted by Crippen LogP contribution is 2.21. The summed E-state index contributed by atoms with van der Waals surface area (Å²) >= 11 is 0. The fourth-order valence-corrected chi connectivity index (χ4v) is 3.23. The second-order valence-electron chi connectivity index (χ2n) is 6.36. The summed E-state index contributed by atoms with van der Waals surface area (Å²) < 4.78 is 2.37. The van der Waals surface area contributed by atoms with Crippen LogP contribution in [0.15, 0.2) is 48.5 Å². The summed E-state index contributed by atoms with van der Waals surface area (Å²) in [6.45, 7) is 3.26. The van der Waals surface area contributed by atoms with E-state index in [0.717, 1.165) is 36.3 Å². The lowest BCUT2D eigenvalue weighted by molar-refractivity contribution is 0.467. The molecule has 126 valence electrons. The molecule has 0 bridgehead atoms. The first-order chi connectivity index (χ1) is 11.8. The van der Waals surface area contributed by atoms with Crippen molar-refractivity contribution < 1.29 is 5.11 Å². The molecule has 0 saturated heterocycles. The average molecular weight is 322 g/mol. The van der Waals surface area contributed by atoms with Crippen LogP contribution in [0.2, 0.25) is 0 Å². The van der Waals surface area contributed by atoms with Crippen molar-refractivity contribution >= 4 is 11.0 Å². The highest BCUT2D eigenvalue weighted by Gasteiger charge is 2.11. The predicted molar refractivity (Wildman–Crippen MR) is 99.4 cm³/mol. The van der Waals surface area contributed by atoms with Crippen LogP contribution in [0.3, 0.4) is 0 Å². The summed E-state index contributed by atoms with van der Waals surface area (Å²) in [7, 11) is 0. The lowest BCUT2D eigenvalue weighted by atomic mass is 10.1. The van der Waals surface area contributed by atoms with Crippen LogP contribution in [0.1, 0.15) is 44.0 Å². The Morgan fingerprint density at radius 1 is 0.917 bits per heavy atom. The van der Waals surface area contributed by atoms with E-state index in [1.54, 1.807) is 6.07 Å². The number of phenols is 1. The number of aromatic hydroxyl groups is 1. The highest BCUT2D eigenvalue weighted by atomic mass is 16.3. The Bertz CT molecular complexity index is 791. The lowest BCUT2D eigenvalue weighted by Gasteiger charge is -2.10. The number of nitrogens with zero attached hydrogens (tertiary/aromatic N) is 2. The van der Waals surface area contributed by atoms with Crippen LogP contribution in [0, 0.1) is 0 Å². The molecule has 0 fully saturated rings. The van der Waals surface area contributed by atoms with Gasteiger partial charge in [-0.2, -0.15) is 0 Å². The number of fused-ring (bicyclic) bond motifs is 1. The molecule has 0 aliphatic rings. The second kappa shape index (κ2) is 8.00. The normalized spacial score (nSPS) is 11.2. The van der Waals surface area contributed by atoms with Crippen LogP contribution >= 0.6 is 0 Å². The summed E-state index contributed by atoms with van der Waals surface area (Å²) in [4.78, 5) is 4.84. The summed E-state index contributed by atoms with van der Waals surface area (Å²) in [6, 6.07) is 16.0. The fraction of sp³-hybridized carbons (Fsp3) is 0.381. The first-order valence-corrected chi connectivity index (χ1v) is 9.00. The van der Waals surface area contributed by atoms with E-state index in [0.29, 0.717) is 5.75 Å². The zero-order chi connectivity index (χ0) is 16.8. The van der Waals surface area contributed by atoms with E-state index >= 15 is 0 Å². The number of rotatable bonds is 8. The molecule has 1 heterocycles. The molecular weight excluding hydrogens is 296 g/mol. The summed E-state index contributed by atoms with van der Waals surface area (Å²) in [5, 5.41) is 9.97. The number of benzene rings is 2. The van der Waals surface area contributed by atoms with Crippen LogP contribution in [0.25, 0.3) is 11.0 Å². The third kappa shape index (κ3) is 3.78. The molecule has 0 amide bonds. The van der Waals surface area contributed by atoms with E-state index < -0.39 is 0 Å². The van der Waals surface area contributed by atoms with Gasteiger partial charge in [-0.1, -0.05) is 56.5 Å². The number of phenolic OH excluding ortho intramolecular Hbond substituents is 1. The first-order valence-electron chi connectivity index (χ1n) is 9.00. The molecule has 0 atom stereocenters. The molecule has 24 heavy (non-hydrogen) atoms. The minimum absolute atomic E-state index is 0.378. The van der Waals surface area contributed by atoms with Crippen LogP contribution in [-0.2, 0) is 19.4 Å². The van der Waals surface area contributed by atoms with E-state index in [1.165, 1.54) is 31.2 Å². The van der Waals surface area contributed by atoms with Crippen molar-refractivity contribution in [3.63, 3.8) is 0 Å². The van der Waals surface area contributed by atoms with Crippen LogP contribution < -0.4 is 0 Å². The quantitative estimate of drug-likeness (QED) is 0.585. The molecule has 1 aromatic heterocycles. The second-order valence-corrected chi connectivity index (χ2v) is 6.36. The number of unbranched alkanes of at least 4 members (excludes halogenated alkanes) is 3. The third-order valence-electron chi connectivity index (χ3n) is 4.58. The van der Waals surface area contributed by atoms with Crippen LogP contribution in [0.5, 0.6) is 5.75 Å². The molecule has 2 aromatic carbocycles. The maximum absolute atomic E-state index is 9.97. The Kier molecular flexibility index (Phi) is 5.52. The number of hydrogen-bond donors (Lipinski definition) is 1. The smallest absolute Gasteiger partial charge is 0.118 e. The molecule has 0 radical (unpaired) electrons. The van der Waals surface area contributed by atoms with E-state index in [9.17, 15) is 5.11 Å². The van der Waals surface area contributed by atoms with Gasteiger partial charge in [0.05, 0.1) is 11.0 Å². The molecule has 0 aliphatic carbocycles. The number of hydrogen-bond acceptors (Lipinski definition) is 2. The van der Waals surface area contributed by atoms with Crippen molar-refractivity contribution in [2.24, 2.45) is 0 Å². The molecule has 0 saturated carbocycles. The Morgan fingerprint density at radius 2 is 1.71 bits per heavy atom. The molecule has 1 N–H and O–H groups in total. The maximum Gasteiger partial charge on any atom is 0.118 e. The molecule has 0 spiro atoms. The average Bonchev–Trinajstić information content (AvgIpc) is 2.96. The Morgan fingerprint density at radius 3 is 2.54 bits per heavy atom. The van der Waals surface area contributed by atoms with Gasteiger partial charge in [0.15, 0.2) is 0 Å². The van der Waals surface area contributed by atoms with Crippen molar-refractivity contribution in [3.05, 3.63) is 59.9 Å². The summed E-state index contributed by atoms with van der Waals surface area (Å²) in [6.07, 6.45) is 6.66. The van der Waals surface area contributed by atoms with Gasteiger partial charge >= 0.3 is 0 Å². The molecule has 0 unspecified atom stereocenters. The van der Waals surface area contributed by atoms with Gasteiger partial charge in [-0.15, -0.1) is 0 Å². The summed E-state index contributed by atoms with van der Waals surface area (Å²) in [5.74, 6) is 1.50. The van der Waals surface area contributed by atoms with Crippen molar-refractivity contribution in [2.75, 3.05) is 0 Å². The van der Waals surface area contributed by atoms with Gasteiger partial charge in [-0.05, 0) is 36.6 Å². The third-order valence-corrected chi connectivity index (χ3v) is 4.58. The van der Waals surface area contributed by atoms with Gasteiger partial charge in [0, 0.05) is 13.0 Å². The largest absolute Gasteiger partial charge is 0.508 e. The van der Waals surface area contributed by atoms with E-state index in [4.69, 9.17) is 4.98 Å². The highest BCUT2D eigenvalue weighted by molar-refractivity contribution is 5.75. The lowest BCUT2D eigenvalue weighted by Crippen LogP contribution is -2.06. The number of aromatic nitrogens is 2. The van der Waals surface area contributed by atoms with Gasteiger partial charge in [0.1, 0.15) is 11.6 Å². The molecular formula is C21H26N2O. The van der Waals surface area contributed by atoms with Gasteiger partial charge < -0.3 is 9.67 Å². The van der Waals surface area contributed by atoms with Crippen molar-refractivity contribution in [2.45, 2.75) is 52.0 Å². The number of para-hydroxylation sites is 3. The van der Waals surface area contributed by atoms with Gasteiger partial charge in [-0.25, -0.2) is 4.98 Å². The zero-order valence-electron chi connectivity index (χ0n) is 14.4. The Hall–Kier alpha value is -2.29. The SMILES string of the molecule is CCCCCCn1c(CCc2ccccc2O)nc2ccccc21. The first kappa shape index (κ1) is 16.6. The van der Waals surface area contributed by atoms with Crippen LogP contribution in [0.4, 0.5) is 0 Å². The maximum atomic E-state index is 9.97. The predicted octanol–water partition coefficient (Wildman–Crippen LogP) is 5.11. The zero-order valence-corrected chi connectivity index (χ0v) is 14.4.